The van der Waals surface area contributed by atoms with E-state index < -0.39 is 11.9 Å². The van der Waals surface area contributed by atoms with E-state index >= 15 is 0 Å². The Kier molecular flexibility index (Phi) is 20.4. The first-order valence-electron chi connectivity index (χ1n) is 12.7. The molecule has 5 nitrogen and oxygen atoms in total. The Morgan fingerprint density at radius 2 is 1.26 bits per heavy atom. The van der Waals surface area contributed by atoms with Crippen LogP contribution in [0.4, 0.5) is 0 Å². The predicted octanol–water partition coefficient (Wildman–Crippen LogP) is 6.44. The Balaban J connectivity index is 3.94. The fraction of sp³-hybridized carbons (Fsp3) is 0.808. The lowest BCUT2D eigenvalue weighted by atomic mass is 10.0. The Bertz CT molecular complexity index is 502. The van der Waals surface area contributed by atoms with Gasteiger partial charge >= 0.3 is 5.97 Å². The van der Waals surface area contributed by atoms with Crippen molar-refractivity contribution in [2.75, 3.05) is 6.61 Å². The molecule has 180 valence electrons. The SMILES string of the molecule is CCCCCCCCCCCCCCC(=O)C(=O)N[C@H](/C=C/C(=O)OCC)CCCC. The van der Waals surface area contributed by atoms with Crippen LogP contribution in [0.5, 0.6) is 0 Å². The van der Waals surface area contributed by atoms with Gasteiger partial charge in [0.1, 0.15) is 0 Å². The summed E-state index contributed by atoms with van der Waals surface area (Å²) in [6, 6.07) is -0.317. The molecule has 0 aromatic carbocycles. The van der Waals surface area contributed by atoms with Crippen LogP contribution in [0.3, 0.4) is 0 Å². The highest BCUT2D eigenvalue weighted by Crippen LogP contribution is 2.12. The molecule has 31 heavy (non-hydrogen) atoms. The van der Waals surface area contributed by atoms with E-state index in [1.807, 2.05) is 0 Å². The molecule has 0 aromatic heterocycles. The molecule has 0 rings (SSSR count). The van der Waals surface area contributed by atoms with E-state index in [0.29, 0.717) is 19.4 Å². The standard InChI is InChI=1S/C26H47NO4/c1-4-7-9-10-11-12-13-14-15-16-17-18-20-24(28)26(30)27-23(19-8-5-2)21-22-25(29)31-6-3/h21-23H,4-20H2,1-3H3,(H,27,30)/b22-21+/t23-/m0/s1. The lowest BCUT2D eigenvalue weighted by Crippen LogP contribution is -2.38. The van der Waals surface area contributed by atoms with Gasteiger partial charge in [-0.2, -0.15) is 0 Å². The smallest absolute Gasteiger partial charge is 0.330 e. The number of ketones is 1. The zero-order chi connectivity index (χ0) is 23.2. The van der Waals surface area contributed by atoms with Crippen LogP contribution >= 0.6 is 0 Å². The van der Waals surface area contributed by atoms with E-state index in [2.05, 4.69) is 19.2 Å². The van der Waals surface area contributed by atoms with Crippen LogP contribution in [-0.2, 0) is 19.1 Å². The lowest BCUT2D eigenvalue weighted by molar-refractivity contribution is -0.138. The van der Waals surface area contributed by atoms with Gasteiger partial charge in [0.25, 0.3) is 5.91 Å². The van der Waals surface area contributed by atoms with Crippen molar-refractivity contribution in [3.8, 4) is 0 Å². The zero-order valence-electron chi connectivity index (χ0n) is 20.4. The van der Waals surface area contributed by atoms with Crippen LogP contribution in [0.2, 0.25) is 0 Å². The molecule has 0 saturated heterocycles. The van der Waals surface area contributed by atoms with Gasteiger partial charge in [0.15, 0.2) is 0 Å². The number of amides is 1. The highest BCUT2D eigenvalue weighted by Gasteiger charge is 2.16. The van der Waals surface area contributed by atoms with Crippen molar-refractivity contribution in [1.82, 2.24) is 5.32 Å². The molecule has 0 aromatic rings. The monoisotopic (exact) mass is 437 g/mol. The van der Waals surface area contributed by atoms with Crippen molar-refractivity contribution in [1.29, 1.82) is 0 Å². The summed E-state index contributed by atoms with van der Waals surface area (Å²) in [6.07, 6.45) is 20.6. The summed E-state index contributed by atoms with van der Waals surface area (Å²) < 4.78 is 4.87. The summed E-state index contributed by atoms with van der Waals surface area (Å²) in [5, 5.41) is 2.76. The Morgan fingerprint density at radius 1 is 0.742 bits per heavy atom. The number of hydrogen-bond acceptors (Lipinski definition) is 4. The van der Waals surface area contributed by atoms with Crippen molar-refractivity contribution in [3.63, 3.8) is 0 Å². The molecule has 0 aliphatic carbocycles. The summed E-state index contributed by atoms with van der Waals surface area (Å²) in [6.45, 7) is 6.37. The van der Waals surface area contributed by atoms with E-state index in [4.69, 9.17) is 4.74 Å². The average Bonchev–Trinajstić information content (AvgIpc) is 2.76. The third-order valence-electron chi connectivity index (χ3n) is 5.45. The number of Topliss-reactive ketones (excluding diaryl/α,β-unsaturated/α-hetero) is 1. The highest BCUT2D eigenvalue weighted by molar-refractivity contribution is 6.36. The Morgan fingerprint density at radius 3 is 1.77 bits per heavy atom. The maximum Gasteiger partial charge on any atom is 0.330 e. The van der Waals surface area contributed by atoms with Crippen molar-refractivity contribution >= 4 is 17.7 Å². The van der Waals surface area contributed by atoms with E-state index in [9.17, 15) is 14.4 Å². The molecule has 0 fully saturated rings. The lowest BCUT2D eigenvalue weighted by Gasteiger charge is -2.14. The molecule has 1 amide bonds. The molecule has 1 N–H and O–H groups in total. The van der Waals surface area contributed by atoms with Crippen LogP contribution in [-0.4, -0.2) is 30.3 Å². The van der Waals surface area contributed by atoms with Gasteiger partial charge in [-0.25, -0.2) is 4.79 Å². The number of hydrogen-bond donors (Lipinski definition) is 1. The normalized spacial score (nSPS) is 12.1. The minimum absolute atomic E-state index is 0.297. The first kappa shape index (κ1) is 29.4. The second-order valence-electron chi connectivity index (χ2n) is 8.40. The third kappa shape index (κ3) is 18.8. The average molecular weight is 438 g/mol. The van der Waals surface area contributed by atoms with Gasteiger partial charge in [0.2, 0.25) is 5.78 Å². The quantitative estimate of drug-likeness (QED) is 0.0970. The zero-order valence-corrected chi connectivity index (χ0v) is 20.4. The van der Waals surface area contributed by atoms with Crippen molar-refractivity contribution in [2.24, 2.45) is 0 Å². The van der Waals surface area contributed by atoms with E-state index in [-0.39, 0.29) is 11.8 Å². The van der Waals surface area contributed by atoms with Crippen LogP contribution in [0.15, 0.2) is 12.2 Å². The van der Waals surface area contributed by atoms with Crippen molar-refractivity contribution in [3.05, 3.63) is 12.2 Å². The summed E-state index contributed by atoms with van der Waals surface area (Å²) in [5.41, 5.74) is 0. The summed E-state index contributed by atoms with van der Waals surface area (Å²) in [7, 11) is 0. The van der Waals surface area contributed by atoms with E-state index in [1.54, 1.807) is 13.0 Å². The van der Waals surface area contributed by atoms with Gasteiger partial charge in [0, 0.05) is 18.5 Å². The van der Waals surface area contributed by atoms with Gasteiger partial charge in [-0.3, -0.25) is 9.59 Å². The number of ether oxygens (including phenoxy) is 1. The van der Waals surface area contributed by atoms with Gasteiger partial charge in [0.05, 0.1) is 6.61 Å². The minimum Gasteiger partial charge on any atom is -0.463 e. The minimum atomic E-state index is -0.544. The first-order valence-corrected chi connectivity index (χ1v) is 12.7. The van der Waals surface area contributed by atoms with Crippen LogP contribution in [0.25, 0.3) is 0 Å². The topological polar surface area (TPSA) is 72.5 Å². The molecule has 0 saturated carbocycles. The Labute approximate surface area is 190 Å². The summed E-state index contributed by atoms with van der Waals surface area (Å²) in [5.74, 6) is -1.34. The Hall–Kier alpha value is -1.65. The molecule has 0 radical (unpaired) electrons. The molecule has 5 heteroatoms. The second kappa shape index (κ2) is 21.6. The molecule has 0 unspecified atom stereocenters. The molecule has 1 atom stereocenters. The van der Waals surface area contributed by atoms with E-state index in [0.717, 1.165) is 32.1 Å². The largest absolute Gasteiger partial charge is 0.463 e. The summed E-state index contributed by atoms with van der Waals surface area (Å²) in [4.78, 5) is 35.8. The van der Waals surface area contributed by atoms with Crippen LogP contribution in [0.1, 0.15) is 124 Å². The number of esters is 1. The number of carbonyl (C=O) groups is 3. The van der Waals surface area contributed by atoms with Gasteiger partial charge in [-0.15, -0.1) is 0 Å². The molecular weight excluding hydrogens is 390 g/mol. The van der Waals surface area contributed by atoms with Crippen molar-refractivity contribution in [2.45, 2.75) is 130 Å². The van der Waals surface area contributed by atoms with Gasteiger partial charge < -0.3 is 10.1 Å². The maximum absolute atomic E-state index is 12.2. The van der Waals surface area contributed by atoms with Gasteiger partial charge in [-0.1, -0.05) is 103 Å². The van der Waals surface area contributed by atoms with Crippen LogP contribution in [0, 0.1) is 0 Å². The molecule has 0 spiro atoms. The summed E-state index contributed by atoms with van der Waals surface area (Å²) >= 11 is 0. The number of rotatable bonds is 21. The number of carbonyl (C=O) groups excluding carboxylic acids is 3. The van der Waals surface area contributed by atoms with Crippen molar-refractivity contribution < 1.29 is 19.1 Å². The predicted molar refractivity (Wildman–Crippen MR) is 128 cm³/mol. The fourth-order valence-corrected chi connectivity index (χ4v) is 3.51. The van der Waals surface area contributed by atoms with Gasteiger partial charge in [-0.05, 0) is 19.8 Å². The molecule has 0 bridgehead atoms. The van der Waals surface area contributed by atoms with E-state index in [1.165, 1.54) is 63.9 Å². The van der Waals surface area contributed by atoms with Crippen LogP contribution < -0.4 is 5.32 Å². The number of unbranched alkanes of at least 4 members (excludes halogenated alkanes) is 12. The number of nitrogens with one attached hydrogen (secondary N) is 1. The fourth-order valence-electron chi connectivity index (χ4n) is 3.51. The second-order valence-corrected chi connectivity index (χ2v) is 8.40. The molecule has 0 aliphatic heterocycles. The third-order valence-corrected chi connectivity index (χ3v) is 5.45. The highest BCUT2D eigenvalue weighted by atomic mass is 16.5. The molecular formula is C26H47NO4. The first-order chi connectivity index (χ1) is 15.0. The molecule has 0 heterocycles. The maximum atomic E-state index is 12.2. The molecule has 0 aliphatic rings.